The van der Waals surface area contributed by atoms with E-state index in [2.05, 4.69) is 0 Å². The van der Waals surface area contributed by atoms with Crippen molar-refractivity contribution in [3.05, 3.63) is 33.8 Å². The summed E-state index contributed by atoms with van der Waals surface area (Å²) in [4.78, 5) is 10.8. The molecule has 0 atom stereocenters. The van der Waals surface area contributed by atoms with Gasteiger partial charge in [-0.05, 0) is 31.0 Å². The minimum absolute atomic E-state index is 0.0832. The van der Waals surface area contributed by atoms with Gasteiger partial charge in [-0.3, -0.25) is 0 Å². The Labute approximate surface area is 98.7 Å². The van der Waals surface area contributed by atoms with Crippen molar-refractivity contribution in [2.75, 3.05) is 0 Å². The van der Waals surface area contributed by atoms with Gasteiger partial charge in [0.2, 0.25) is 0 Å². The minimum Gasteiger partial charge on any atom is -0.305 e. The average molecular weight is 244 g/mol. The van der Waals surface area contributed by atoms with Gasteiger partial charge in [-0.25, -0.2) is 0 Å². The molecular weight excluding hydrogens is 233 g/mol. The van der Waals surface area contributed by atoms with Crippen LogP contribution in [0.15, 0.2) is 18.2 Å². The zero-order valence-corrected chi connectivity index (χ0v) is 9.82. The highest BCUT2D eigenvalue weighted by Gasteiger charge is 2.05. The van der Waals surface area contributed by atoms with Crippen LogP contribution >= 0.6 is 23.2 Å². The third-order valence-electron chi connectivity index (χ3n) is 2.00. The van der Waals surface area contributed by atoms with Gasteiger partial charge in [-0.2, -0.15) is 0 Å². The molecule has 15 heavy (non-hydrogen) atoms. The van der Waals surface area contributed by atoms with E-state index >= 15 is 0 Å². The van der Waals surface area contributed by atoms with E-state index in [9.17, 15) is 4.79 Å². The Kier molecular flexibility index (Phi) is 4.30. The van der Waals surface area contributed by atoms with Crippen LogP contribution in [-0.4, -0.2) is 11.5 Å². The lowest BCUT2D eigenvalue weighted by atomic mass is 10.0. The summed E-state index contributed by atoms with van der Waals surface area (Å²) in [7, 11) is 0. The fourth-order valence-corrected chi connectivity index (χ4v) is 1.43. The third-order valence-corrected chi connectivity index (χ3v) is 2.73. The number of rotatable bonds is 4. The number of benzene rings is 1. The molecule has 0 radical (unpaired) electrons. The fourth-order valence-electron chi connectivity index (χ4n) is 1.13. The van der Waals surface area contributed by atoms with Crippen molar-refractivity contribution in [2.45, 2.75) is 19.8 Å². The highest BCUT2D eigenvalue weighted by Crippen LogP contribution is 2.23. The first-order valence-electron chi connectivity index (χ1n) is 4.53. The van der Waals surface area contributed by atoms with Gasteiger partial charge in [0.15, 0.2) is 0 Å². The monoisotopic (exact) mass is 243 g/mol. The zero-order chi connectivity index (χ0) is 11.4. The fraction of sp³-hybridized carbons (Fsp3) is 0.273. The van der Waals surface area contributed by atoms with Crippen LogP contribution in [-0.2, 0) is 4.79 Å². The molecule has 2 nitrogen and oxygen atoms in total. The van der Waals surface area contributed by atoms with Crippen LogP contribution in [0.3, 0.4) is 0 Å². The molecule has 0 unspecified atom stereocenters. The number of halogens is 2. The van der Waals surface area contributed by atoms with E-state index in [-0.39, 0.29) is 5.78 Å². The van der Waals surface area contributed by atoms with E-state index in [1.165, 1.54) is 6.92 Å². The molecule has 0 fully saturated rings. The van der Waals surface area contributed by atoms with Gasteiger partial charge >= 0.3 is 0 Å². The highest BCUT2D eigenvalue weighted by atomic mass is 35.5. The number of hydrogen-bond acceptors (Lipinski definition) is 2. The Morgan fingerprint density at radius 2 is 1.93 bits per heavy atom. The van der Waals surface area contributed by atoms with E-state index in [1.54, 1.807) is 18.2 Å². The molecule has 0 spiro atoms. The molecule has 0 aromatic heterocycles. The van der Waals surface area contributed by atoms with E-state index in [4.69, 9.17) is 28.6 Å². The predicted octanol–water partition coefficient (Wildman–Crippen LogP) is 3.73. The summed E-state index contributed by atoms with van der Waals surface area (Å²) < 4.78 is 0. The average Bonchev–Trinajstić information content (AvgIpc) is 2.18. The first-order chi connectivity index (χ1) is 7.00. The molecule has 0 bridgehead atoms. The lowest BCUT2D eigenvalue weighted by Gasteiger charge is -2.04. The molecule has 0 aliphatic rings. The number of carbonyl (C=O) groups is 1. The molecule has 0 saturated carbocycles. The Bertz CT molecular complexity index is 402. The summed E-state index contributed by atoms with van der Waals surface area (Å²) in [6.07, 6.45) is 0.826. The summed E-state index contributed by atoms with van der Waals surface area (Å²) in [5, 5.41) is 8.64. The molecule has 1 rings (SSSR count). The largest absolute Gasteiger partial charge is 0.305 e. The SMILES string of the molecule is CC(=O)CCC(=N)c1ccc(Cl)c(Cl)c1. The van der Waals surface area contributed by atoms with E-state index in [0.29, 0.717) is 34.2 Å². The standard InChI is InChI=1S/C11H11Cl2NO/c1-7(15)2-5-11(14)8-3-4-9(12)10(13)6-8/h3-4,6,14H,2,5H2,1H3. The molecule has 0 amide bonds. The van der Waals surface area contributed by atoms with Crippen molar-refractivity contribution in [1.82, 2.24) is 0 Å². The van der Waals surface area contributed by atoms with Crippen LogP contribution in [0.2, 0.25) is 10.0 Å². The normalized spacial score (nSPS) is 10.1. The van der Waals surface area contributed by atoms with Crippen molar-refractivity contribution in [1.29, 1.82) is 5.41 Å². The molecule has 1 aromatic rings. The van der Waals surface area contributed by atoms with Crippen LogP contribution in [0.5, 0.6) is 0 Å². The van der Waals surface area contributed by atoms with Crippen LogP contribution in [0.1, 0.15) is 25.3 Å². The lowest BCUT2D eigenvalue weighted by Crippen LogP contribution is -2.02. The van der Waals surface area contributed by atoms with Crippen molar-refractivity contribution < 1.29 is 4.79 Å². The first kappa shape index (κ1) is 12.2. The quantitative estimate of drug-likeness (QED) is 0.805. The second-order valence-electron chi connectivity index (χ2n) is 3.31. The van der Waals surface area contributed by atoms with E-state index < -0.39 is 0 Å². The van der Waals surface area contributed by atoms with Crippen molar-refractivity contribution >= 4 is 34.7 Å². The maximum absolute atomic E-state index is 10.8. The Morgan fingerprint density at radius 3 is 2.47 bits per heavy atom. The van der Waals surface area contributed by atoms with Gasteiger partial charge in [-0.15, -0.1) is 0 Å². The van der Waals surface area contributed by atoms with Gasteiger partial charge in [0.05, 0.1) is 10.0 Å². The molecular formula is C11H11Cl2NO. The van der Waals surface area contributed by atoms with Crippen molar-refractivity contribution in [3.63, 3.8) is 0 Å². The van der Waals surface area contributed by atoms with Crippen molar-refractivity contribution in [3.8, 4) is 0 Å². The summed E-state index contributed by atoms with van der Waals surface area (Å²) in [6.45, 7) is 1.52. The van der Waals surface area contributed by atoms with Gasteiger partial charge in [0, 0.05) is 12.1 Å². The van der Waals surface area contributed by atoms with Crippen LogP contribution in [0.4, 0.5) is 0 Å². The number of hydrogen-bond donors (Lipinski definition) is 1. The molecule has 0 heterocycles. The van der Waals surface area contributed by atoms with Crippen molar-refractivity contribution in [2.24, 2.45) is 0 Å². The molecule has 1 aromatic carbocycles. The first-order valence-corrected chi connectivity index (χ1v) is 5.28. The molecule has 1 N–H and O–H groups in total. The molecule has 4 heteroatoms. The van der Waals surface area contributed by atoms with E-state index in [0.717, 1.165) is 0 Å². The smallest absolute Gasteiger partial charge is 0.130 e. The van der Waals surface area contributed by atoms with Gasteiger partial charge in [0.25, 0.3) is 0 Å². The number of Topliss-reactive ketones (excluding diaryl/α,β-unsaturated/α-hetero) is 1. The topological polar surface area (TPSA) is 40.9 Å². The predicted molar refractivity (Wildman–Crippen MR) is 63.2 cm³/mol. The summed E-state index contributed by atoms with van der Waals surface area (Å²) in [5.74, 6) is 0.0832. The zero-order valence-electron chi connectivity index (χ0n) is 8.31. The van der Waals surface area contributed by atoms with Gasteiger partial charge < -0.3 is 10.2 Å². The second-order valence-corrected chi connectivity index (χ2v) is 4.12. The Morgan fingerprint density at radius 1 is 1.27 bits per heavy atom. The molecule has 0 aliphatic heterocycles. The number of carbonyl (C=O) groups excluding carboxylic acids is 1. The maximum atomic E-state index is 10.8. The summed E-state index contributed by atoms with van der Waals surface area (Å²) in [5.41, 5.74) is 1.12. The second kappa shape index (κ2) is 5.29. The van der Waals surface area contributed by atoms with Crippen LogP contribution in [0, 0.1) is 5.41 Å². The summed E-state index contributed by atoms with van der Waals surface area (Å²) in [6, 6.07) is 5.03. The van der Waals surface area contributed by atoms with Crippen LogP contribution in [0.25, 0.3) is 0 Å². The Balaban J connectivity index is 2.74. The highest BCUT2D eigenvalue weighted by molar-refractivity contribution is 6.42. The number of ketones is 1. The maximum Gasteiger partial charge on any atom is 0.130 e. The third kappa shape index (κ3) is 3.65. The molecule has 80 valence electrons. The van der Waals surface area contributed by atoms with Gasteiger partial charge in [0.1, 0.15) is 5.78 Å². The Hall–Kier alpha value is -0.860. The van der Waals surface area contributed by atoms with Crippen LogP contribution < -0.4 is 0 Å². The lowest BCUT2D eigenvalue weighted by molar-refractivity contribution is -0.116. The molecule has 0 saturated heterocycles. The van der Waals surface area contributed by atoms with Gasteiger partial charge in [-0.1, -0.05) is 29.3 Å². The minimum atomic E-state index is 0.0832. The van der Waals surface area contributed by atoms with E-state index in [1.807, 2.05) is 0 Å². The molecule has 0 aliphatic carbocycles. The summed E-state index contributed by atoms with van der Waals surface area (Å²) >= 11 is 11.6. The number of nitrogens with one attached hydrogen (secondary N) is 1.